The lowest BCUT2D eigenvalue weighted by Gasteiger charge is -2.06. The van der Waals surface area contributed by atoms with Crippen LogP contribution in [0.15, 0.2) is 53.0 Å². The summed E-state index contributed by atoms with van der Waals surface area (Å²) < 4.78 is 13.8. The molecule has 4 nitrogen and oxygen atoms in total. The molecule has 0 atom stereocenters. The molecule has 3 rings (SSSR count). The first-order chi connectivity index (χ1) is 11.0. The highest BCUT2D eigenvalue weighted by Gasteiger charge is 2.12. The number of carbonyl (C=O) groups excluding carboxylic acids is 1. The van der Waals surface area contributed by atoms with Gasteiger partial charge in [0.15, 0.2) is 0 Å². The number of carbonyl (C=O) groups is 1. The highest BCUT2D eigenvalue weighted by Crippen LogP contribution is 2.24. The van der Waals surface area contributed by atoms with Crippen molar-refractivity contribution in [3.05, 3.63) is 70.1 Å². The molecule has 0 aliphatic carbocycles. The third-order valence-electron chi connectivity index (χ3n) is 3.34. The predicted molar refractivity (Wildman–Crippen MR) is 90.8 cm³/mol. The molecule has 0 bridgehead atoms. The van der Waals surface area contributed by atoms with Gasteiger partial charge < -0.3 is 5.32 Å². The summed E-state index contributed by atoms with van der Waals surface area (Å²) in [6.07, 6.45) is 0. The second-order valence-electron chi connectivity index (χ2n) is 5.11. The molecule has 3 aromatic rings. The van der Waals surface area contributed by atoms with Gasteiger partial charge in [-0.1, -0.05) is 6.07 Å². The number of amides is 1. The summed E-state index contributed by atoms with van der Waals surface area (Å²) in [5.41, 5.74) is 3.42. The van der Waals surface area contributed by atoms with E-state index < -0.39 is 0 Å². The number of aromatic nitrogens is 2. The molecule has 0 radical (unpaired) electrons. The summed E-state index contributed by atoms with van der Waals surface area (Å²) in [6.45, 7) is 1.97. The number of hydrogen-bond donors (Lipinski definition) is 2. The monoisotopic (exact) mass is 373 g/mol. The molecule has 0 saturated heterocycles. The van der Waals surface area contributed by atoms with Crippen molar-refractivity contribution in [2.24, 2.45) is 0 Å². The molecule has 0 spiro atoms. The molecule has 116 valence electrons. The third kappa shape index (κ3) is 3.48. The fourth-order valence-corrected chi connectivity index (χ4v) is 2.71. The van der Waals surface area contributed by atoms with Gasteiger partial charge in [0, 0.05) is 10.0 Å². The van der Waals surface area contributed by atoms with Crippen molar-refractivity contribution in [2.75, 3.05) is 5.32 Å². The molecular formula is C17H13BrFN3O. The Morgan fingerprint density at radius 3 is 2.61 bits per heavy atom. The van der Waals surface area contributed by atoms with Crippen molar-refractivity contribution in [2.45, 2.75) is 6.92 Å². The molecule has 0 aliphatic heterocycles. The summed E-state index contributed by atoms with van der Waals surface area (Å²) in [6, 6.07) is 13.2. The molecule has 6 heteroatoms. The molecule has 0 unspecified atom stereocenters. The molecule has 0 saturated carbocycles. The van der Waals surface area contributed by atoms with Gasteiger partial charge in [0.25, 0.3) is 5.91 Å². The minimum atomic E-state index is -0.313. The second kappa shape index (κ2) is 6.34. The van der Waals surface area contributed by atoms with Crippen LogP contribution in [0.1, 0.15) is 16.1 Å². The lowest BCUT2D eigenvalue weighted by Crippen LogP contribution is -2.12. The van der Waals surface area contributed by atoms with Crippen LogP contribution in [-0.4, -0.2) is 16.1 Å². The Morgan fingerprint density at radius 2 is 1.91 bits per heavy atom. The molecule has 1 aromatic heterocycles. The van der Waals surface area contributed by atoms with Crippen molar-refractivity contribution in [1.82, 2.24) is 10.2 Å². The van der Waals surface area contributed by atoms with Crippen LogP contribution in [0.3, 0.4) is 0 Å². The van der Waals surface area contributed by atoms with Crippen LogP contribution < -0.4 is 5.32 Å². The molecule has 23 heavy (non-hydrogen) atoms. The normalized spacial score (nSPS) is 10.6. The van der Waals surface area contributed by atoms with Crippen molar-refractivity contribution in [1.29, 1.82) is 0 Å². The van der Waals surface area contributed by atoms with Gasteiger partial charge in [-0.2, -0.15) is 5.10 Å². The molecule has 0 aliphatic rings. The average molecular weight is 374 g/mol. The number of rotatable bonds is 3. The third-order valence-corrected chi connectivity index (χ3v) is 3.99. The molecule has 0 fully saturated rings. The van der Waals surface area contributed by atoms with Gasteiger partial charge in [-0.05, 0) is 70.9 Å². The molecule has 2 N–H and O–H groups in total. The number of benzene rings is 2. The summed E-state index contributed by atoms with van der Waals surface area (Å²) in [4.78, 5) is 12.3. The fraction of sp³-hybridized carbons (Fsp3) is 0.0588. The Bertz CT molecular complexity index is 859. The van der Waals surface area contributed by atoms with Crippen LogP contribution in [0.4, 0.5) is 10.1 Å². The number of aryl methyl sites for hydroxylation is 1. The number of nitrogens with zero attached hydrogens (tertiary/aromatic N) is 1. The summed E-state index contributed by atoms with van der Waals surface area (Å²) in [7, 11) is 0. The minimum absolute atomic E-state index is 0.296. The Kier molecular flexibility index (Phi) is 4.25. The fourth-order valence-electron chi connectivity index (χ4n) is 2.12. The smallest absolute Gasteiger partial charge is 0.273 e. The number of halogens is 2. The van der Waals surface area contributed by atoms with E-state index in [1.807, 2.05) is 25.1 Å². The van der Waals surface area contributed by atoms with Crippen molar-refractivity contribution in [3.63, 3.8) is 0 Å². The number of anilines is 1. The summed E-state index contributed by atoms with van der Waals surface area (Å²) in [5.74, 6) is -0.609. The van der Waals surface area contributed by atoms with Crippen LogP contribution in [0.5, 0.6) is 0 Å². The largest absolute Gasteiger partial charge is 0.320 e. The van der Waals surface area contributed by atoms with Crippen LogP contribution in [0.2, 0.25) is 0 Å². The Labute approximate surface area is 140 Å². The van der Waals surface area contributed by atoms with Crippen LogP contribution in [0, 0.1) is 12.7 Å². The van der Waals surface area contributed by atoms with Crippen LogP contribution in [-0.2, 0) is 0 Å². The molecule has 1 heterocycles. The highest BCUT2D eigenvalue weighted by atomic mass is 79.9. The van der Waals surface area contributed by atoms with Gasteiger partial charge in [-0.3, -0.25) is 9.89 Å². The number of nitrogens with one attached hydrogen (secondary N) is 2. The van der Waals surface area contributed by atoms with E-state index in [0.717, 1.165) is 15.6 Å². The van der Waals surface area contributed by atoms with E-state index in [2.05, 4.69) is 31.4 Å². The quantitative estimate of drug-likeness (QED) is 0.707. The van der Waals surface area contributed by atoms with E-state index in [-0.39, 0.29) is 11.7 Å². The first-order valence-corrected chi connectivity index (χ1v) is 7.71. The first-order valence-electron chi connectivity index (χ1n) is 6.92. The number of aromatic amines is 1. The zero-order valence-corrected chi connectivity index (χ0v) is 13.8. The van der Waals surface area contributed by atoms with Gasteiger partial charge in [0.05, 0.1) is 11.4 Å². The van der Waals surface area contributed by atoms with Gasteiger partial charge in [-0.15, -0.1) is 0 Å². The van der Waals surface area contributed by atoms with Crippen molar-refractivity contribution in [3.8, 4) is 11.3 Å². The first kappa shape index (κ1) is 15.4. The van der Waals surface area contributed by atoms with Gasteiger partial charge >= 0.3 is 0 Å². The Morgan fingerprint density at radius 1 is 1.17 bits per heavy atom. The SMILES string of the molecule is Cc1ccc(NC(=O)c2cc(-c3ccc(F)cc3)n[nH]2)c(Br)c1. The highest BCUT2D eigenvalue weighted by molar-refractivity contribution is 9.10. The molecule has 2 aromatic carbocycles. The predicted octanol–water partition coefficient (Wildman–Crippen LogP) is 4.54. The van der Waals surface area contributed by atoms with E-state index in [0.29, 0.717) is 17.1 Å². The molecule has 1 amide bonds. The lowest BCUT2D eigenvalue weighted by atomic mass is 10.1. The Balaban J connectivity index is 1.79. The van der Waals surface area contributed by atoms with Gasteiger partial charge in [0.1, 0.15) is 11.5 Å². The number of hydrogen-bond acceptors (Lipinski definition) is 2. The maximum Gasteiger partial charge on any atom is 0.273 e. The van der Waals surface area contributed by atoms with Gasteiger partial charge in [-0.25, -0.2) is 4.39 Å². The zero-order valence-electron chi connectivity index (χ0n) is 12.2. The summed E-state index contributed by atoms with van der Waals surface area (Å²) in [5, 5.41) is 9.60. The lowest BCUT2D eigenvalue weighted by molar-refractivity contribution is 0.102. The second-order valence-corrected chi connectivity index (χ2v) is 5.97. The standard InChI is InChI=1S/C17H13BrFN3O/c1-10-2-7-14(13(18)8-10)20-17(23)16-9-15(21-22-16)11-3-5-12(19)6-4-11/h2-9H,1H3,(H,20,23)(H,21,22). The summed E-state index contributed by atoms with van der Waals surface area (Å²) >= 11 is 3.42. The van der Waals surface area contributed by atoms with Crippen molar-refractivity contribution < 1.29 is 9.18 Å². The van der Waals surface area contributed by atoms with Gasteiger partial charge in [0.2, 0.25) is 0 Å². The Hall–Kier alpha value is -2.47. The number of H-pyrrole nitrogens is 1. The van der Waals surface area contributed by atoms with Crippen LogP contribution in [0.25, 0.3) is 11.3 Å². The van der Waals surface area contributed by atoms with E-state index in [9.17, 15) is 9.18 Å². The maximum absolute atomic E-state index is 12.9. The van der Waals surface area contributed by atoms with E-state index >= 15 is 0 Å². The minimum Gasteiger partial charge on any atom is -0.320 e. The van der Waals surface area contributed by atoms with E-state index in [1.54, 1.807) is 18.2 Å². The topological polar surface area (TPSA) is 57.8 Å². The van der Waals surface area contributed by atoms with Crippen molar-refractivity contribution >= 4 is 27.5 Å². The van der Waals surface area contributed by atoms with E-state index in [4.69, 9.17) is 0 Å². The van der Waals surface area contributed by atoms with E-state index in [1.165, 1.54) is 12.1 Å². The maximum atomic E-state index is 12.9. The van der Waals surface area contributed by atoms with Crippen LogP contribution >= 0.6 is 15.9 Å². The average Bonchev–Trinajstić information content (AvgIpc) is 3.01. The zero-order chi connectivity index (χ0) is 16.4. The molecular weight excluding hydrogens is 361 g/mol.